The van der Waals surface area contributed by atoms with Gasteiger partial charge in [-0.05, 0) is 31.0 Å². The van der Waals surface area contributed by atoms with Gasteiger partial charge < -0.3 is 9.55 Å². The Balaban J connectivity index is 1.73. The molecule has 5 rings (SSSR count). The van der Waals surface area contributed by atoms with Gasteiger partial charge in [0.15, 0.2) is 0 Å². The molecule has 0 unspecified atom stereocenters. The summed E-state index contributed by atoms with van der Waals surface area (Å²) in [6.45, 7) is 4.33. The van der Waals surface area contributed by atoms with E-state index >= 15 is 0 Å². The second kappa shape index (κ2) is 7.43. The molecule has 1 aliphatic rings. The zero-order valence-electron chi connectivity index (χ0n) is 18.0. The topological polar surface area (TPSA) is 108 Å². The van der Waals surface area contributed by atoms with Gasteiger partial charge in [-0.25, -0.2) is 18.4 Å². The number of aromatic amines is 1. The van der Waals surface area contributed by atoms with Crippen LogP contribution in [0.15, 0.2) is 43.0 Å². The van der Waals surface area contributed by atoms with Crippen molar-refractivity contribution in [3.05, 3.63) is 48.5 Å². The lowest BCUT2D eigenvalue weighted by Gasteiger charge is -2.49. The summed E-state index contributed by atoms with van der Waals surface area (Å²) in [4.78, 5) is 12.0. The largest absolute Gasteiger partial charge is 0.346 e. The van der Waals surface area contributed by atoms with Crippen molar-refractivity contribution in [1.82, 2.24) is 23.8 Å². The average molecular weight is 449 g/mol. The Morgan fingerprint density at radius 1 is 1.19 bits per heavy atom. The average Bonchev–Trinajstić information content (AvgIpc) is 3.40. The third kappa shape index (κ3) is 3.02. The van der Waals surface area contributed by atoms with Crippen LogP contribution in [-0.2, 0) is 22.0 Å². The molecule has 164 valence electrons. The van der Waals surface area contributed by atoms with Crippen LogP contribution in [-0.4, -0.2) is 51.1 Å². The number of sulfonamides is 1. The second-order valence-electron chi connectivity index (χ2n) is 8.31. The van der Waals surface area contributed by atoms with E-state index in [1.165, 1.54) is 9.87 Å². The van der Waals surface area contributed by atoms with E-state index in [-0.39, 0.29) is 12.2 Å². The van der Waals surface area contributed by atoms with Gasteiger partial charge in [0.05, 0.1) is 29.5 Å². The standard InChI is InChI=1S/C23H24N6O2S/c1-3-16-5-6-17-19(21-18-7-10-25-22(18)27-15-26-21)12-29(20(17)11-16)23(8-9-24)13-28(14-23)32(30,31)4-2/h5-7,10-12,15H,3-4,8,13-14H2,1-2H3,(H,25,26,27). The summed E-state index contributed by atoms with van der Waals surface area (Å²) in [7, 11) is -3.31. The third-order valence-corrected chi connectivity index (χ3v) is 8.28. The first-order chi connectivity index (χ1) is 15.4. The van der Waals surface area contributed by atoms with Gasteiger partial charge in [-0.1, -0.05) is 19.1 Å². The quantitative estimate of drug-likeness (QED) is 0.486. The first-order valence-electron chi connectivity index (χ1n) is 10.7. The smallest absolute Gasteiger partial charge is 0.213 e. The van der Waals surface area contributed by atoms with E-state index in [9.17, 15) is 13.7 Å². The van der Waals surface area contributed by atoms with Crippen molar-refractivity contribution in [1.29, 1.82) is 5.26 Å². The summed E-state index contributed by atoms with van der Waals surface area (Å²) in [6, 6.07) is 10.6. The maximum Gasteiger partial charge on any atom is 0.213 e. The van der Waals surface area contributed by atoms with Crippen LogP contribution in [0.5, 0.6) is 0 Å². The van der Waals surface area contributed by atoms with E-state index in [2.05, 4.69) is 50.7 Å². The Labute approximate surface area is 186 Å². The van der Waals surface area contributed by atoms with Crippen LogP contribution in [0.2, 0.25) is 0 Å². The number of aromatic nitrogens is 4. The molecular weight excluding hydrogens is 424 g/mol. The highest BCUT2D eigenvalue weighted by atomic mass is 32.2. The van der Waals surface area contributed by atoms with E-state index in [0.29, 0.717) is 13.1 Å². The van der Waals surface area contributed by atoms with Gasteiger partial charge in [0.25, 0.3) is 0 Å². The highest BCUT2D eigenvalue weighted by Crippen LogP contribution is 2.42. The first-order valence-corrected chi connectivity index (χ1v) is 12.3. The fourth-order valence-corrected chi connectivity index (χ4v) is 5.89. The number of hydrogen-bond donors (Lipinski definition) is 1. The van der Waals surface area contributed by atoms with E-state index in [4.69, 9.17) is 0 Å². The van der Waals surface area contributed by atoms with Crippen molar-refractivity contribution in [2.24, 2.45) is 0 Å². The lowest BCUT2D eigenvalue weighted by atomic mass is 9.88. The fourth-order valence-electron chi connectivity index (χ4n) is 4.65. The summed E-state index contributed by atoms with van der Waals surface area (Å²) in [5.41, 5.74) is 4.09. The summed E-state index contributed by atoms with van der Waals surface area (Å²) in [5.74, 6) is 0.0553. The number of hydrogen-bond acceptors (Lipinski definition) is 5. The van der Waals surface area contributed by atoms with Gasteiger partial charge in [0.2, 0.25) is 10.0 Å². The molecular formula is C23H24N6O2S. The van der Waals surface area contributed by atoms with Crippen LogP contribution < -0.4 is 0 Å². The predicted molar refractivity (Wildman–Crippen MR) is 123 cm³/mol. The minimum Gasteiger partial charge on any atom is -0.346 e. The zero-order valence-corrected chi connectivity index (χ0v) is 18.9. The summed E-state index contributed by atoms with van der Waals surface area (Å²) in [6.07, 6.45) is 6.53. The van der Waals surface area contributed by atoms with Crippen molar-refractivity contribution in [2.75, 3.05) is 18.8 Å². The Hall–Kier alpha value is -3.22. The molecule has 4 aromatic rings. The molecule has 1 aromatic carbocycles. The monoisotopic (exact) mass is 448 g/mol. The maximum absolute atomic E-state index is 12.4. The molecule has 1 N–H and O–H groups in total. The molecule has 32 heavy (non-hydrogen) atoms. The first kappa shape index (κ1) is 20.7. The Morgan fingerprint density at radius 2 is 2.00 bits per heavy atom. The number of rotatable bonds is 6. The summed E-state index contributed by atoms with van der Waals surface area (Å²) < 4.78 is 28.4. The van der Waals surface area contributed by atoms with E-state index in [1.807, 2.05) is 18.5 Å². The molecule has 1 fully saturated rings. The number of nitrogens with one attached hydrogen (secondary N) is 1. The molecule has 1 saturated heterocycles. The molecule has 4 heterocycles. The molecule has 0 spiro atoms. The molecule has 0 radical (unpaired) electrons. The van der Waals surface area contributed by atoms with Crippen molar-refractivity contribution >= 4 is 32.0 Å². The van der Waals surface area contributed by atoms with Crippen LogP contribution in [0, 0.1) is 11.3 Å². The zero-order chi connectivity index (χ0) is 22.5. The molecule has 0 bridgehead atoms. The van der Waals surface area contributed by atoms with Crippen molar-refractivity contribution in [3.8, 4) is 17.3 Å². The summed E-state index contributed by atoms with van der Waals surface area (Å²) >= 11 is 0. The lowest BCUT2D eigenvalue weighted by molar-refractivity contribution is 0.0893. The normalized spacial score (nSPS) is 16.3. The number of nitrogens with zero attached hydrogens (tertiary/aromatic N) is 5. The molecule has 0 atom stereocenters. The van der Waals surface area contributed by atoms with Crippen molar-refractivity contribution in [3.63, 3.8) is 0 Å². The highest BCUT2D eigenvalue weighted by Gasteiger charge is 2.49. The highest BCUT2D eigenvalue weighted by molar-refractivity contribution is 7.89. The second-order valence-corrected chi connectivity index (χ2v) is 10.6. The predicted octanol–water partition coefficient (Wildman–Crippen LogP) is 3.42. The van der Waals surface area contributed by atoms with Gasteiger partial charge >= 0.3 is 0 Å². The van der Waals surface area contributed by atoms with Crippen LogP contribution in [0.3, 0.4) is 0 Å². The number of H-pyrrole nitrogens is 1. The molecule has 8 nitrogen and oxygen atoms in total. The Bertz CT molecular complexity index is 1470. The SMILES string of the molecule is CCc1ccc2c(-c3ncnc4[nH]ccc34)cn(C3(CC#N)CN(S(=O)(=O)CC)C3)c2c1. The van der Waals surface area contributed by atoms with Crippen molar-refractivity contribution in [2.45, 2.75) is 32.2 Å². The van der Waals surface area contributed by atoms with Gasteiger partial charge in [-0.3, -0.25) is 0 Å². The molecule has 0 amide bonds. The minimum atomic E-state index is -3.31. The van der Waals surface area contributed by atoms with Gasteiger partial charge in [0.1, 0.15) is 12.0 Å². The maximum atomic E-state index is 12.4. The molecule has 3 aromatic heterocycles. The lowest BCUT2D eigenvalue weighted by Crippen LogP contribution is -2.64. The number of fused-ring (bicyclic) bond motifs is 2. The molecule has 0 saturated carbocycles. The molecule has 1 aliphatic heterocycles. The van der Waals surface area contributed by atoms with Crippen LogP contribution in [0.4, 0.5) is 0 Å². The van der Waals surface area contributed by atoms with Gasteiger partial charge in [0, 0.05) is 47.3 Å². The molecule has 9 heteroatoms. The Morgan fingerprint density at radius 3 is 2.72 bits per heavy atom. The number of benzene rings is 1. The third-order valence-electron chi connectivity index (χ3n) is 6.51. The fraction of sp³-hybridized carbons (Fsp3) is 0.348. The van der Waals surface area contributed by atoms with Crippen molar-refractivity contribution < 1.29 is 8.42 Å². The van der Waals surface area contributed by atoms with Crippen LogP contribution >= 0.6 is 0 Å². The van der Waals surface area contributed by atoms with E-state index in [1.54, 1.807) is 13.3 Å². The summed E-state index contributed by atoms with van der Waals surface area (Å²) in [5, 5.41) is 11.6. The number of nitriles is 1. The number of aryl methyl sites for hydroxylation is 1. The van der Waals surface area contributed by atoms with Crippen LogP contribution in [0.1, 0.15) is 25.8 Å². The minimum absolute atomic E-state index is 0.0553. The van der Waals surface area contributed by atoms with E-state index < -0.39 is 15.6 Å². The van der Waals surface area contributed by atoms with E-state index in [0.717, 1.165) is 39.6 Å². The Kier molecular flexibility index (Phi) is 4.80. The molecule has 0 aliphatic carbocycles. The van der Waals surface area contributed by atoms with Gasteiger partial charge in [-0.15, -0.1) is 0 Å². The van der Waals surface area contributed by atoms with Gasteiger partial charge in [-0.2, -0.15) is 9.57 Å². The van der Waals surface area contributed by atoms with Crippen LogP contribution in [0.25, 0.3) is 33.2 Å².